The number of ether oxygens (including phenoxy) is 1. The molecule has 1 unspecified atom stereocenters. The summed E-state index contributed by atoms with van der Waals surface area (Å²) in [5, 5.41) is 9.30. The van der Waals surface area contributed by atoms with Gasteiger partial charge in [-0.2, -0.15) is 0 Å². The van der Waals surface area contributed by atoms with E-state index in [1.54, 1.807) is 7.11 Å². The van der Waals surface area contributed by atoms with Crippen LogP contribution in [-0.4, -0.2) is 32.7 Å². The maximum absolute atomic E-state index is 12.4. The number of para-hydroxylation sites is 1. The molecule has 0 radical (unpaired) electrons. The van der Waals surface area contributed by atoms with Gasteiger partial charge in [-0.05, 0) is 50.4 Å². The maximum Gasteiger partial charge on any atom is 0.253 e. The summed E-state index contributed by atoms with van der Waals surface area (Å²) < 4.78 is 5.15. The van der Waals surface area contributed by atoms with Crippen LogP contribution in [-0.2, 0) is 0 Å². The molecule has 122 valence electrons. The normalized spacial score (nSPS) is 11.6. The number of hydrogen-bond acceptors (Lipinski definition) is 4. The third-order valence-electron chi connectivity index (χ3n) is 3.60. The highest BCUT2D eigenvalue weighted by Gasteiger charge is 2.11. The molecule has 3 N–H and O–H groups in total. The number of carbonyl (C=O) groups is 1. The van der Waals surface area contributed by atoms with Crippen LogP contribution in [0.15, 0.2) is 48.5 Å². The molecule has 1 atom stereocenters. The quantitative estimate of drug-likeness (QED) is 0.735. The van der Waals surface area contributed by atoms with E-state index in [0.29, 0.717) is 12.1 Å². The number of anilines is 2. The lowest BCUT2D eigenvalue weighted by Gasteiger charge is -2.14. The second-order valence-corrected chi connectivity index (χ2v) is 5.30. The van der Waals surface area contributed by atoms with Gasteiger partial charge in [0.1, 0.15) is 5.75 Å². The Morgan fingerprint density at radius 3 is 2.48 bits per heavy atom. The summed E-state index contributed by atoms with van der Waals surface area (Å²) in [6, 6.07) is 15.3. The Morgan fingerprint density at radius 2 is 1.83 bits per heavy atom. The zero-order valence-corrected chi connectivity index (χ0v) is 13.7. The lowest BCUT2D eigenvalue weighted by molar-refractivity contribution is 0.0951. The van der Waals surface area contributed by atoms with Crippen LogP contribution in [0.25, 0.3) is 0 Å². The smallest absolute Gasteiger partial charge is 0.253 e. The average molecular weight is 313 g/mol. The molecular formula is C18H23N3O2. The Morgan fingerprint density at radius 1 is 1.13 bits per heavy atom. The first-order valence-electron chi connectivity index (χ1n) is 7.59. The van der Waals surface area contributed by atoms with Crippen LogP contribution >= 0.6 is 0 Å². The molecule has 0 fully saturated rings. The summed E-state index contributed by atoms with van der Waals surface area (Å²) in [5.74, 6) is 0.700. The first-order chi connectivity index (χ1) is 11.1. The van der Waals surface area contributed by atoms with Gasteiger partial charge in [0.15, 0.2) is 0 Å². The Kier molecular flexibility index (Phi) is 6.00. The number of rotatable bonds is 7. The Labute approximate surface area is 137 Å². The van der Waals surface area contributed by atoms with Gasteiger partial charge in [0.25, 0.3) is 5.91 Å². The molecule has 23 heavy (non-hydrogen) atoms. The van der Waals surface area contributed by atoms with Gasteiger partial charge in [0, 0.05) is 18.3 Å². The van der Waals surface area contributed by atoms with Crippen molar-refractivity contribution in [3.63, 3.8) is 0 Å². The van der Waals surface area contributed by atoms with Crippen molar-refractivity contribution in [3.8, 4) is 5.75 Å². The number of nitrogens with one attached hydrogen (secondary N) is 3. The van der Waals surface area contributed by atoms with Crippen LogP contribution < -0.4 is 20.7 Å². The first-order valence-corrected chi connectivity index (χ1v) is 7.59. The van der Waals surface area contributed by atoms with Gasteiger partial charge in [-0.15, -0.1) is 0 Å². The van der Waals surface area contributed by atoms with Crippen molar-refractivity contribution in [2.24, 2.45) is 0 Å². The molecule has 0 aromatic heterocycles. The van der Waals surface area contributed by atoms with E-state index in [4.69, 9.17) is 4.74 Å². The minimum atomic E-state index is -0.0938. The fourth-order valence-electron chi connectivity index (χ4n) is 2.06. The number of likely N-dealkylation sites (N-methyl/N-ethyl adjacent to an activating group) is 1. The summed E-state index contributed by atoms with van der Waals surface area (Å²) in [6.07, 6.45) is 0. The minimum Gasteiger partial charge on any atom is -0.497 e. The van der Waals surface area contributed by atoms with Crippen molar-refractivity contribution in [2.45, 2.75) is 13.0 Å². The van der Waals surface area contributed by atoms with E-state index >= 15 is 0 Å². The number of benzene rings is 2. The van der Waals surface area contributed by atoms with Gasteiger partial charge in [-0.25, -0.2) is 0 Å². The van der Waals surface area contributed by atoms with Gasteiger partial charge in [-0.1, -0.05) is 12.1 Å². The molecule has 0 saturated heterocycles. The molecule has 0 aliphatic rings. The topological polar surface area (TPSA) is 62.4 Å². The fraction of sp³-hybridized carbons (Fsp3) is 0.278. The average Bonchev–Trinajstić information content (AvgIpc) is 2.60. The van der Waals surface area contributed by atoms with Crippen molar-refractivity contribution in [3.05, 3.63) is 54.1 Å². The summed E-state index contributed by atoms with van der Waals surface area (Å²) in [6.45, 7) is 2.59. The molecule has 2 rings (SSSR count). The summed E-state index contributed by atoms with van der Waals surface area (Å²) in [5.41, 5.74) is 2.29. The Hall–Kier alpha value is -2.53. The highest BCUT2D eigenvalue weighted by Crippen LogP contribution is 2.22. The van der Waals surface area contributed by atoms with E-state index in [0.717, 1.165) is 17.1 Å². The van der Waals surface area contributed by atoms with Crippen LogP contribution in [0.1, 0.15) is 17.3 Å². The van der Waals surface area contributed by atoms with E-state index in [1.165, 1.54) is 0 Å². The van der Waals surface area contributed by atoms with E-state index in [-0.39, 0.29) is 11.9 Å². The molecular weight excluding hydrogens is 290 g/mol. The van der Waals surface area contributed by atoms with Crippen LogP contribution in [0.2, 0.25) is 0 Å². The highest BCUT2D eigenvalue weighted by molar-refractivity contribution is 6.00. The maximum atomic E-state index is 12.4. The molecule has 1 amide bonds. The van der Waals surface area contributed by atoms with Crippen LogP contribution in [0.4, 0.5) is 11.4 Å². The van der Waals surface area contributed by atoms with Crippen molar-refractivity contribution < 1.29 is 9.53 Å². The predicted octanol–water partition coefficient (Wildman–Crippen LogP) is 2.78. The monoisotopic (exact) mass is 313 g/mol. The summed E-state index contributed by atoms with van der Waals surface area (Å²) >= 11 is 0. The minimum absolute atomic E-state index is 0.0938. The van der Waals surface area contributed by atoms with Gasteiger partial charge in [0.2, 0.25) is 0 Å². The third-order valence-corrected chi connectivity index (χ3v) is 3.60. The zero-order valence-electron chi connectivity index (χ0n) is 13.7. The second kappa shape index (κ2) is 8.19. The lowest BCUT2D eigenvalue weighted by Crippen LogP contribution is -2.37. The zero-order chi connectivity index (χ0) is 16.7. The van der Waals surface area contributed by atoms with E-state index in [1.807, 2.05) is 62.5 Å². The molecule has 0 heterocycles. The number of amides is 1. The molecule has 0 saturated carbocycles. The van der Waals surface area contributed by atoms with Gasteiger partial charge in [-0.3, -0.25) is 4.79 Å². The van der Waals surface area contributed by atoms with Crippen molar-refractivity contribution in [2.75, 3.05) is 26.0 Å². The van der Waals surface area contributed by atoms with Crippen molar-refractivity contribution in [1.82, 2.24) is 10.6 Å². The molecule has 5 heteroatoms. The Bertz CT molecular complexity index is 641. The lowest BCUT2D eigenvalue weighted by atomic mass is 10.1. The highest BCUT2D eigenvalue weighted by atomic mass is 16.5. The predicted molar refractivity (Wildman–Crippen MR) is 93.6 cm³/mol. The molecule has 2 aromatic carbocycles. The molecule has 0 spiro atoms. The third kappa shape index (κ3) is 4.72. The number of hydrogen-bond donors (Lipinski definition) is 3. The van der Waals surface area contributed by atoms with Crippen LogP contribution in [0.3, 0.4) is 0 Å². The molecule has 0 aliphatic carbocycles. The van der Waals surface area contributed by atoms with E-state index in [9.17, 15) is 4.79 Å². The van der Waals surface area contributed by atoms with E-state index < -0.39 is 0 Å². The van der Waals surface area contributed by atoms with Crippen molar-refractivity contribution >= 4 is 17.3 Å². The Balaban J connectivity index is 2.11. The van der Waals surface area contributed by atoms with Gasteiger partial charge in [0.05, 0.1) is 18.4 Å². The van der Waals surface area contributed by atoms with Gasteiger partial charge >= 0.3 is 0 Å². The molecule has 0 aliphatic heterocycles. The number of methoxy groups -OCH3 is 1. The van der Waals surface area contributed by atoms with E-state index in [2.05, 4.69) is 16.0 Å². The second-order valence-electron chi connectivity index (χ2n) is 5.30. The molecule has 2 aromatic rings. The molecule has 5 nitrogen and oxygen atoms in total. The van der Waals surface area contributed by atoms with Crippen LogP contribution in [0, 0.1) is 0 Å². The van der Waals surface area contributed by atoms with Gasteiger partial charge < -0.3 is 20.7 Å². The summed E-state index contributed by atoms with van der Waals surface area (Å²) in [4.78, 5) is 12.4. The number of carbonyl (C=O) groups excluding carboxylic acids is 1. The fourth-order valence-corrected chi connectivity index (χ4v) is 2.06. The largest absolute Gasteiger partial charge is 0.497 e. The standard InChI is InChI=1S/C18H23N3O2/c1-13(19-2)12-20-18(22)16-6-4-5-7-17(16)21-14-8-10-15(23-3)11-9-14/h4-11,13,19,21H,12H2,1-3H3,(H,20,22). The SMILES string of the molecule is CNC(C)CNC(=O)c1ccccc1Nc1ccc(OC)cc1. The van der Waals surface area contributed by atoms with Crippen LogP contribution in [0.5, 0.6) is 5.75 Å². The summed E-state index contributed by atoms with van der Waals surface area (Å²) in [7, 11) is 3.50. The molecule has 0 bridgehead atoms. The van der Waals surface area contributed by atoms with Crippen molar-refractivity contribution in [1.29, 1.82) is 0 Å². The first kappa shape index (κ1) is 16.8.